The summed E-state index contributed by atoms with van der Waals surface area (Å²) in [5, 5.41) is 9.83. The molecule has 1 radical (unpaired) electrons. The number of rotatable bonds is 5. The molecule has 0 atom stereocenters. The van der Waals surface area contributed by atoms with Crippen LogP contribution in [0, 0.1) is 12.3 Å². The third-order valence-corrected chi connectivity index (χ3v) is 1.85. The fourth-order valence-electron chi connectivity index (χ4n) is 1.40. The molecule has 0 saturated heterocycles. The van der Waals surface area contributed by atoms with Crippen molar-refractivity contribution in [1.82, 2.24) is 0 Å². The van der Waals surface area contributed by atoms with Gasteiger partial charge in [0.1, 0.15) is 0 Å². The molecule has 0 spiro atoms. The van der Waals surface area contributed by atoms with E-state index in [1.54, 1.807) is 0 Å². The Morgan fingerprint density at radius 3 is 2.00 bits per heavy atom. The largest absolute Gasteiger partial charge is 0.389 e. The SMILES string of the molecule is [C]#CCC(O)(CCC)CCC. The van der Waals surface area contributed by atoms with Gasteiger partial charge in [-0.05, 0) is 19.3 Å². The highest BCUT2D eigenvalue weighted by Crippen LogP contribution is 2.22. The van der Waals surface area contributed by atoms with Crippen molar-refractivity contribution < 1.29 is 5.11 Å². The highest BCUT2D eigenvalue weighted by Gasteiger charge is 2.22. The Hall–Kier alpha value is -0.480. The molecule has 0 fully saturated rings. The van der Waals surface area contributed by atoms with Crippen molar-refractivity contribution in [2.75, 3.05) is 0 Å². The van der Waals surface area contributed by atoms with Gasteiger partial charge in [-0.2, -0.15) is 0 Å². The molecule has 1 N–H and O–H groups in total. The van der Waals surface area contributed by atoms with Crippen molar-refractivity contribution in [3.05, 3.63) is 6.42 Å². The highest BCUT2D eigenvalue weighted by molar-refractivity contribution is 4.90. The van der Waals surface area contributed by atoms with Gasteiger partial charge in [0.15, 0.2) is 0 Å². The Balaban J connectivity index is 3.92. The van der Waals surface area contributed by atoms with E-state index in [0.717, 1.165) is 25.7 Å². The van der Waals surface area contributed by atoms with Crippen LogP contribution in [0.5, 0.6) is 0 Å². The first-order chi connectivity index (χ1) is 5.18. The van der Waals surface area contributed by atoms with Crippen LogP contribution in [-0.4, -0.2) is 10.7 Å². The molecule has 1 heteroatoms. The second-order valence-electron chi connectivity index (χ2n) is 3.08. The normalized spacial score (nSPS) is 11.1. The van der Waals surface area contributed by atoms with Gasteiger partial charge in [-0.15, -0.1) is 0 Å². The fourth-order valence-corrected chi connectivity index (χ4v) is 1.40. The minimum absolute atomic E-state index is 0.384. The van der Waals surface area contributed by atoms with Crippen molar-refractivity contribution in [3.63, 3.8) is 0 Å². The molecule has 0 aliphatic carbocycles. The summed E-state index contributed by atoms with van der Waals surface area (Å²) in [4.78, 5) is 0. The molecule has 0 aromatic rings. The topological polar surface area (TPSA) is 20.2 Å². The maximum atomic E-state index is 9.83. The Kier molecular flexibility index (Phi) is 4.98. The summed E-state index contributed by atoms with van der Waals surface area (Å²) in [6.07, 6.45) is 10.7. The van der Waals surface area contributed by atoms with E-state index in [0.29, 0.717) is 6.42 Å². The average molecular weight is 153 g/mol. The van der Waals surface area contributed by atoms with Crippen molar-refractivity contribution in [1.29, 1.82) is 0 Å². The van der Waals surface area contributed by atoms with Crippen LogP contribution >= 0.6 is 0 Å². The predicted molar refractivity (Wildman–Crippen MR) is 46.5 cm³/mol. The van der Waals surface area contributed by atoms with Gasteiger partial charge >= 0.3 is 0 Å². The van der Waals surface area contributed by atoms with E-state index in [1.807, 2.05) is 13.8 Å². The van der Waals surface area contributed by atoms with E-state index < -0.39 is 5.60 Å². The molecule has 0 bridgehead atoms. The van der Waals surface area contributed by atoms with Gasteiger partial charge in [0.25, 0.3) is 0 Å². The lowest BCUT2D eigenvalue weighted by atomic mass is 9.90. The van der Waals surface area contributed by atoms with Gasteiger partial charge in [-0.1, -0.05) is 32.6 Å². The van der Waals surface area contributed by atoms with Crippen LogP contribution in [0.2, 0.25) is 0 Å². The predicted octanol–water partition coefficient (Wildman–Crippen LogP) is 2.30. The summed E-state index contributed by atoms with van der Waals surface area (Å²) >= 11 is 0. The average Bonchev–Trinajstić information content (AvgIpc) is 1.88. The lowest BCUT2D eigenvalue weighted by molar-refractivity contribution is 0.0263. The van der Waals surface area contributed by atoms with Gasteiger partial charge in [0.05, 0.1) is 5.60 Å². The smallest absolute Gasteiger partial charge is 0.0756 e. The molecule has 63 valence electrons. The van der Waals surface area contributed by atoms with E-state index >= 15 is 0 Å². The van der Waals surface area contributed by atoms with Crippen LogP contribution in [0.1, 0.15) is 46.0 Å². The quantitative estimate of drug-likeness (QED) is 0.601. The van der Waals surface area contributed by atoms with Crippen molar-refractivity contribution in [3.8, 4) is 5.92 Å². The summed E-state index contributed by atoms with van der Waals surface area (Å²) in [6, 6.07) is 0. The summed E-state index contributed by atoms with van der Waals surface area (Å²) in [7, 11) is 0. The van der Waals surface area contributed by atoms with Crippen LogP contribution in [0.25, 0.3) is 0 Å². The zero-order chi connectivity index (χ0) is 8.74. The molecule has 0 aromatic carbocycles. The number of aliphatic hydroxyl groups is 1. The second-order valence-corrected chi connectivity index (χ2v) is 3.08. The van der Waals surface area contributed by atoms with Crippen LogP contribution < -0.4 is 0 Å². The minimum atomic E-state index is -0.648. The minimum Gasteiger partial charge on any atom is -0.389 e. The first-order valence-corrected chi connectivity index (χ1v) is 4.30. The van der Waals surface area contributed by atoms with Crippen LogP contribution in [0.4, 0.5) is 0 Å². The zero-order valence-electron chi connectivity index (χ0n) is 7.48. The molecule has 1 nitrogen and oxygen atoms in total. The lowest BCUT2D eigenvalue weighted by Gasteiger charge is -2.24. The molecule has 0 heterocycles. The molecule has 11 heavy (non-hydrogen) atoms. The van der Waals surface area contributed by atoms with E-state index in [9.17, 15) is 5.11 Å². The summed E-state index contributed by atoms with van der Waals surface area (Å²) in [5.74, 6) is 2.28. The van der Waals surface area contributed by atoms with Crippen LogP contribution in [0.3, 0.4) is 0 Å². The van der Waals surface area contributed by atoms with E-state index in [1.165, 1.54) is 0 Å². The van der Waals surface area contributed by atoms with Gasteiger partial charge < -0.3 is 5.11 Å². The van der Waals surface area contributed by atoms with Gasteiger partial charge in [-0.25, -0.2) is 0 Å². The zero-order valence-corrected chi connectivity index (χ0v) is 7.48. The first-order valence-electron chi connectivity index (χ1n) is 4.30. The molecule has 0 rings (SSSR count). The molecule has 0 aromatic heterocycles. The first kappa shape index (κ1) is 10.5. The highest BCUT2D eigenvalue weighted by atomic mass is 16.3. The fraction of sp³-hybridized carbons (Fsp3) is 0.800. The van der Waals surface area contributed by atoms with Gasteiger partial charge in [0, 0.05) is 6.42 Å². The second kappa shape index (κ2) is 5.21. The molecular formula is C10H17O. The number of hydrogen-bond donors (Lipinski definition) is 1. The molecule has 0 saturated carbocycles. The van der Waals surface area contributed by atoms with Crippen LogP contribution in [0.15, 0.2) is 0 Å². The Morgan fingerprint density at radius 1 is 1.27 bits per heavy atom. The van der Waals surface area contributed by atoms with Crippen molar-refractivity contribution >= 4 is 0 Å². The molecular weight excluding hydrogens is 136 g/mol. The molecule has 0 aliphatic rings. The summed E-state index contributed by atoms with van der Waals surface area (Å²) in [6.45, 7) is 4.09. The lowest BCUT2D eigenvalue weighted by Crippen LogP contribution is -2.27. The maximum Gasteiger partial charge on any atom is 0.0756 e. The Morgan fingerprint density at radius 2 is 1.73 bits per heavy atom. The van der Waals surface area contributed by atoms with Gasteiger partial charge in [0.2, 0.25) is 0 Å². The van der Waals surface area contributed by atoms with E-state index in [4.69, 9.17) is 6.42 Å². The third-order valence-electron chi connectivity index (χ3n) is 1.85. The Bertz CT molecular complexity index is 126. The summed E-state index contributed by atoms with van der Waals surface area (Å²) < 4.78 is 0. The van der Waals surface area contributed by atoms with E-state index in [2.05, 4.69) is 5.92 Å². The Labute approximate surface area is 69.8 Å². The van der Waals surface area contributed by atoms with E-state index in [-0.39, 0.29) is 0 Å². The summed E-state index contributed by atoms with van der Waals surface area (Å²) in [5.41, 5.74) is -0.648. The van der Waals surface area contributed by atoms with Crippen molar-refractivity contribution in [2.45, 2.75) is 51.6 Å². The van der Waals surface area contributed by atoms with Gasteiger partial charge in [-0.3, -0.25) is 0 Å². The van der Waals surface area contributed by atoms with Crippen LogP contribution in [-0.2, 0) is 0 Å². The maximum absolute atomic E-state index is 9.83. The molecule has 0 amide bonds. The third kappa shape index (κ3) is 4.06. The monoisotopic (exact) mass is 153 g/mol. The molecule has 0 aliphatic heterocycles. The molecule has 0 unspecified atom stereocenters. The number of hydrogen-bond acceptors (Lipinski definition) is 1. The van der Waals surface area contributed by atoms with Crippen molar-refractivity contribution in [2.24, 2.45) is 0 Å². The standard InChI is InChI=1S/C10H17O/c1-4-7-10(11,8-5-2)9-6-3/h11H,4-5,7-9H2,1-2H3.